The molecule has 1 aliphatic carbocycles. The van der Waals surface area contributed by atoms with E-state index in [0.717, 1.165) is 18.0 Å². The van der Waals surface area contributed by atoms with Gasteiger partial charge in [-0.1, -0.05) is 37.3 Å². The summed E-state index contributed by atoms with van der Waals surface area (Å²) in [5.41, 5.74) is 2.93. The van der Waals surface area contributed by atoms with E-state index in [1.807, 2.05) is 24.0 Å². The fourth-order valence-corrected chi connectivity index (χ4v) is 3.93. The van der Waals surface area contributed by atoms with Crippen LogP contribution in [0.25, 0.3) is 0 Å². The molecular formula is C16H18N2S. The van der Waals surface area contributed by atoms with Crippen molar-refractivity contribution in [3.63, 3.8) is 0 Å². The van der Waals surface area contributed by atoms with Crippen LogP contribution in [0.3, 0.4) is 0 Å². The summed E-state index contributed by atoms with van der Waals surface area (Å²) in [6, 6.07) is 15.3. The Bertz CT molecular complexity index is 541. The number of nitrogens with zero attached hydrogens (tertiary/aromatic N) is 1. The number of fused-ring (bicyclic) bond motifs is 1. The zero-order valence-corrected chi connectivity index (χ0v) is 11.9. The van der Waals surface area contributed by atoms with E-state index in [2.05, 4.69) is 53.6 Å². The van der Waals surface area contributed by atoms with Crippen LogP contribution in [0, 0.1) is 0 Å². The van der Waals surface area contributed by atoms with Gasteiger partial charge in [0.2, 0.25) is 0 Å². The van der Waals surface area contributed by atoms with Gasteiger partial charge in [-0.15, -0.1) is 11.8 Å². The van der Waals surface area contributed by atoms with E-state index in [-0.39, 0.29) is 0 Å². The first kappa shape index (κ1) is 12.7. The van der Waals surface area contributed by atoms with Gasteiger partial charge < -0.3 is 5.32 Å². The van der Waals surface area contributed by atoms with Gasteiger partial charge in [0.25, 0.3) is 0 Å². The van der Waals surface area contributed by atoms with Crippen molar-refractivity contribution >= 4 is 11.8 Å². The van der Waals surface area contributed by atoms with E-state index in [1.165, 1.54) is 11.1 Å². The quantitative estimate of drug-likeness (QED) is 0.921. The fourth-order valence-electron chi connectivity index (χ4n) is 2.70. The molecule has 1 aliphatic rings. The molecule has 0 bridgehead atoms. The second kappa shape index (κ2) is 5.76. The largest absolute Gasteiger partial charge is 0.309 e. The number of hydrogen-bond acceptors (Lipinski definition) is 3. The molecule has 2 unspecified atom stereocenters. The van der Waals surface area contributed by atoms with Gasteiger partial charge in [0.1, 0.15) is 0 Å². The molecule has 3 heteroatoms. The first-order valence-electron chi connectivity index (χ1n) is 6.77. The molecule has 0 saturated carbocycles. The van der Waals surface area contributed by atoms with Crippen LogP contribution < -0.4 is 5.32 Å². The lowest BCUT2D eigenvalue weighted by molar-refractivity contribution is 0.560. The molecule has 2 atom stereocenters. The van der Waals surface area contributed by atoms with Crippen LogP contribution in [0.15, 0.2) is 53.7 Å². The highest BCUT2D eigenvalue weighted by molar-refractivity contribution is 7.99. The topological polar surface area (TPSA) is 24.9 Å². The molecule has 0 fully saturated rings. The Morgan fingerprint density at radius 3 is 2.84 bits per heavy atom. The minimum atomic E-state index is 0.438. The normalized spacial score (nSPS) is 21.3. The second-order valence-electron chi connectivity index (χ2n) is 4.76. The van der Waals surface area contributed by atoms with Crippen LogP contribution in [0.5, 0.6) is 0 Å². The van der Waals surface area contributed by atoms with Crippen molar-refractivity contribution in [3.8, 4) is 0 Å². The van der Waals surface area contributed by atoms with E-state index in [9.17, 15) is 0 Å². The average Bonchev–Trinajstić information content (AvgIpc) is 2.79. The highest BCUT2D eigenvalue weighted by Gasteiger charge is 2.32. The van der Waals surface area contributed by atoms with Gasteiger partial charge in [-0.25, -0.2) is 4.98 Å². The molecule has 19 heavy (non-hydrogen) atoms. The smallest absolute Gasteiger partial charge is 0.0963 e. The van der Waals surface area contributed by atoms with Crippen molar-refractivity contribution in [2.24, 2.45) is 0 Å². The monoisotopic (exact) mass is 270 g/mol. The number of benzene rings is 1. The van der Waals surface area contributed by atoms with Gasteiger partial charge in [0.05, 0.1) is 5.03 Å². The minimum absolute atomic E-state index is 0.438. The zero-order valence-electron chi connectivity index (χ0n) is 11.0. The molecular weight excluding hydrogens is 252 g/mol. The SMILES string of the molecule is CCNC1c2ccccc2CC1Sc1ccccn1. The van der Waals surface area contributed by atoms with Gasteiger partial charge >= 0.3 is 0 Å². The van der Waals surface area contributed by atoms with Crippen molar-refractivity contribution in [2.75, 3.05) is 6.54 Å². The Labute approximate surface area is 118 Å². The number of hydrogen-bond donors (Lipinski definition) is 1. The predicted molar refractivity (Wildman–Crippen MR) is 80.4 cm³/mol. The van der Waals surface area contributed by atoms with E-state index in [1.54, 1.807) is 0 Å². The Balaban J connectivity index is 1.83. The van der Waals surface area contributed by atoms with Crippen LogP contribution in [-0.4, -0.2) is 16.8 Å². The number of pyridine rings is 1. The summed E-state index contributed by atoms with van der Waals surface area (Å²) in [5.74, 6) is 0. The number of thioether (sulfide) groups is 1. The molecule has 1 N–H and O–H groups in total. The second-order valence-corrected chi connectivity index (χ2v) is 6.02. The summed E-state index contributed by atoms with van der Waals surface area (Å²) in [5, 5.41) is 5.27. The van der Waals surface area contributed by atoms with Crippen molar-refractivity contribution in [3.05, 3.63) is 59.8 Å². The molecule has 98 valence electrons. The van der Waals surface area contributed by atoms with E-state index < -0.39 is 0 Å². The van der Waals surface area contributed by atoms with Gasteiger partial charge in [-0.3, -0.25) is 0 Å². The molecule has 0 radical (unpaired) electrons. The maximum atomic E-state index is 4.43. The van der Waals surface area contributed by atoms with Crippen molar-refractivity contribution in [1.82, 2.24) is 10.3 Å². The Kier molecular flexibility index (Phi) is 3.85. The Hall–Kier alpha value is -1.32. The standard InChI is InChI=1S/C16H18N2S/c1-2-17-16-13-8-4-3-7-12(13)11-14(16)19-15-9-5-6-10-18-15/h3-10,14,16-17H,2,11H2,1H3. The van der Waals surface area contributed by atoms with Gasteiger partial charge in [-0.05, 0) is 36.2 Å². The third-order valence-corrected chi connectivity index (χ3v) is 4.74. The first-order valence-corrected chi connectivity index (χ1v) is 7.65. The summed E-state index contributed by atoms with van der Waals surface area (Å²) in [7, 11) is 0. The van der Waals surface area contributed by atoms with Gasteiger partial charge in [0, 0.05) is 17.5 Å². The van der Waals surface area contributed by atoms with Crippen LogP contribution in [0.2, 0.25) is 0 Å². The molecule has 0 amide bonds. The third kappa shape index (κ3) is 2.67. The minimum Gasteiger partial charge on any atom is -0.309 e. The predicted octanol–water partition coefficient (Wildman–Crippen LogP) is 3.45. The molecule has 1 aromatic heterocycles. The van der Waals surface area contributed by atoms with Crippen LogP contribution >= 0.6 is 11.8 Å². The van der Waals surface area contributed by atoms with Crippen molar-refractivity contribution in [2.45, 2.75) is 29.7 Å². The number of nitrogens with one attached hydrogen (secondary N) is 1. The number of aromatic nitrogens is 1. The maximum Gasteiger partial charge on any atom is 0.0963 e. The van der Waals surface area contributed by atoms with Crippen molar-refractivity contribution in [1.29, 1.82) is 0 Å². The lowest BCUT2D eigenvalue weighted by Crippen LogP contribution is -2.26. The Morgan fingerprint density at radius 1 is 1.21 bits per heavy atom. The van der Waals surface area contributed by atoms with E-state index >= 15 is 0 Å². The summed E-state index contributed by atoms with van der Waals surface area (Å²) in [4.78, 5) is 4.43. The fraction of sp³-hybridized carbons (Fsp3) is 0.312. The highest BCUT2D eigenvalue weighted by Crippen LogP contribution is 2.40. The van der Waals surface area contributed by atoms with Gasteiger partial charge in [-0.2, -0.15) is 0 Å². The molecule has 0 saturated heterocycles. The van der Waals surface area contributed by atoms with Gasteiger partial charge in [0.15, 0.2) is 0 Å². The highest BCUT2D eigenvalue weighted by atomic mass is 32.2. The van der Waals surface area contributed by atoms with Crippen LogP contribution in [-0.2, 0) is 6.42 Å². The molecule has 0 spiro atoms. The number of rotatable bonds is 4. The summed E-state index contributed by atoms with van der Waals surface area (Å²) >= 11 is 1.88. The third-order valence-electron chi connectivity index (χ3n) is 3.52. The van der Waals surface area contributed by atoms with E-state index in [4.69, 9.17) is 0 Å². The first-order chi connectivity index (χ1) is 9.38. The summed E-state index contributed by atoms with van der Waals surface area (Å²) < 4.78 is 0. The Morgan fingerprint density at radius 2 is 2.05 bits per heavy atom. The zero-order chi connectivity index (χ0) is 13.1. The maximum absolute atomic E-state index is 4.43. The van der Waals surface area contributed by atoms with Crippen molar-refractivity contribution < 1.29 is 0 Å². The van der Waals surface area contributed by atoms with Crippen LogP contribution in [0.1, 0.15) is 24.1 Å². The lowest BCUT2D eigenvalue weighted by Gasteiger charge is -2.20. The molecule has 0 aliphatic heterocycles. The summed E-state index contributed by atoms with van der Waals surface area (Å²) in [6.45, 7) is 3.17. The van der Waals surface area contributed by atoms with Crippen LogP contribution in [0.4, 0.5) is 0 Å². The molecule has 3 rings (SSSR count). The molecule has 2 nitrogen and oxygen atoms in total. The van der Waals surface area contributed by atoms with E-state index in [0.29, 0.717) is 11.3 Å². The average molecular weight is 270 g/mol. The lowest BCUT2D eigenvalue weighted by atomic mass is 10.1. The molecule has 1 heterocycles. The molecule has 2 aromatic rings. The molecule has 1 aromatic carbocycles. The summed E-state index contributed by atoms with van der Waals surface area (Å²) in [6.07, 6.45) is 2.99.